The normalized spacial score (nSPS) is 11.2. The van der Waals surface area contributed by atoms with E-state index in [0.29, 0.717) is 23.0 Å². The van der Waals surface area contributed by atoms with Crippen molar-refractivity contribution in [2.45, 2.75) is 13.0 Å². The molecule has 0 saturated heterocycles. The lowest BCUT2D eigenvalue weighted by atomic mass is 10.1. The topological polar surface area (TPSA) is 92.3 Å². The van der Waals surface area contributed by atoms with Gasteiger partial charge in [0.2, 0.25) is 0 Å². The number of methoxy groups -OCH3 is 4. The van der Waals surface area contributed by atoms with Crippen LogP contribution in [0.5, 0.6) is 23.0 Å². The molecule has 2 aromatic carbocycles. The van der Waals surface area contributed by atoms with E-state index in [9.17, 15) is 9.59 Å². The maximum atomic E-state index is 12.3. The standard InChI is InChI=1S/C21H25NO7/c1-13(17-10-14(25-2)7-9-18(17)27-4)22-20(23)12-29-21(24)16-8-6-15(26-3)11-19(16)28-5/h6-11,13H,12H2,1-5H3,(H,22,23). The number of rotatable bonds is 9. The van der Waals surface area contributed by atoms with Crippen molar-refractivity contribution in [3.8, 4) is 23.0 Å². The van der Waals surface area contributed by atoms with E-state index in [1.165, 1.54) is 20.3 Å². The average Bonchev–Trinajstić information content (AvgIpc) is 2.76. The van der Waals surface area contributed by atoms with Gasteiger partial charge in [-0.2, -0.15) is 0 Å². The first-order valence-electron chi connectivity index (χ1n) is 8.83. The minimum atomic E-state index is -0.675. The smallest absolute Gasteiger partial charge is 0.342 e. The van der Waals surface area contributed by atoms with Gasteiger partial charge in [-0.1, -0.05) is 0 Å². The van der Waals surface area contributed by atoms with Gasteiger partial charge in [0.05, 0.1) is 34.5 Å². The summed E-state index contributed by atoms with van der Waals surface area (Å²) in [6, 6.07) is 9.60. The van der Waals surface area contributed by atoms with Gasteiger partial charge < -0.3 is 29.0 Å². The van der Waals surface area contributed by atoms with Gasteiger partial charge in [0.25, 0.3) is 5.91 Å². The molecule has 0 fully saturated rings. The van der Waals surface area contributed by atoms with Crippen molar-refractivity contribution in [2.75, 3.05) is 35.0 Å². The van der Waals surface area contributed by atoms with Crippen LogP contribution in [0.15, 0.2) is 36.4 Å². The summed E-state index contributed by atoms with van der Waals surface area (Å²) in [4.78, 5) is 24.6. The highest BCUT2D eigenvalue weighted by atomic mass is 16.5. The number of nitrogens with one attached hydrogen (secondary N) is 1. The molecule has 8 nitrogen and oxygen atoms in total. The van der Waals surface area contributed by atoms with E-state index in [1.807, 2.05) is 0 Å². The Morgan fingerprint density at radius 2 is 1.48 bits per heavy atom. The van der Waals surface area contributed by atoms with E-state index < -0.39 is 18.5 Å². The summed E-state index contributed by atoms with van der Waals surface area (Å²) in [5.74, 6) is 0.953. The Morgan fingerprint density at radius 3 is 2.10 bits per heavy atom. The molecular weight excluding hydrogens is 378 g/mol. The average molecular weight is 403 g/mol. The summed E-state index contributed by atoms with van der Waals surface area (Å²) in [7, 11) is 6.04. The molecule has 0 bridgehead atoms. The van der Waals surface area contributed by atoms with Crippen LogP contribution in [-0.4, -0.2) is 46.9 Å². The van der Waals surface area contributed by atoms with E-state index in [-0.39, 0.29) is 11.6 Å². The van der Waals surface area contributed by atoms with Gasteiger partial charge in [-0.15, -0.1) is 0 Å². The fourth-order valence-corrected chi connectivity index (χ4v) is 2.71. The van der Waals surface area contributed by atoms with Crippen molar-refractivity contribution in [3.63, 3.8) is 0 Å². The summed E-state index contributed by atoms with van der Waals surface area (Å²) < 4.78 is 25.9. The molecule has 1 unspecified atom stereocenters. The summed E-state index contributed by atoms with van der Waals surface area (Å²) in [5.41, 5.74) is 0.937. The van der Waals surface area contributed by atoms with Gasteiger partial charge in [-0.25, -0.2) is 4.79 Å². The largest absolute Gasteiger partial charge is 0.497 e. The monoisotopic (exact) mass is 403 g/mol. The van der Waals surface area contributed by atoms with Gasteiger partial charge in [-0.05, 0) is 37.3 Å². The Kier molecular flexibility index (Phi) is 7.70. The molecule has 0 heterocycles. The van der Waals surface area contributed by atoms with Crippen molar-refractivity contribution in [1.82, 2.24) is 5.32 Å². The van der Waals surface area contributed by atoms with Crippen LogP contribution in [-0.2, 0) is 9.53 Å². The lowest BCUT2D eigenvalue weighted by Gasteiger charge is -2.18. The highest BCUT2D eigenvalue weighted by Crippen LogP contribution is 2.29. The third-order valence-corrected chi connectivity index (χ3v) is 4.24. The van der Waals surface area contributed by atoms with Gasteiger partial charge in [0.15, 0.2) is 6.61 Å². The molecule has 8 heteroatoms. The van der Waals surface area contributed by atoms with Crippen LogP contribution in [0.1, 0.15) is 28.9 Å². The Labute approximate surface area is 169 Å². The van der Waals surface area contributed by atoms with Crippen LogP contribution >= 0.6 is 0 Å². The number of carbonyl (C=O) groups excluding carboxylic acids is 2. The summed E-state index contributed by atoms with van der Waals surface area (Å²) in [6.07, 6.45) is 0. The molecule has 0 saturated carbocycles. The molecule has 1 atom stereocenters. The summed E-state index contributed by atoms with van der Waals surface area (Å²) in [5, 5.41) is 2.77. The molecule has 2 aromatic rings. The van der Waals surface area contributed by atoms with Crippen molar-refractivity contribution >= 4 is 11.9 Å². The predicted octanol–water partition coefficient (Wildman–Crippen LogP) is 2.76. The number of ether oxygens (including phenoxy) is 5. The van der Waals surface area contributed by atoms with Crippen LogP contribution in [0, 0.1) is 0 Å². The van der Waals surface area contributed by atoms with Crippen LogP contribution in [0.25, 0.3) is 0 Å². The molecule has 156 valence electrons. The molecule has 0 spiro atoms. The number of benzene rings is 2. The maximum Gasteiger partial charge on any atom is 0.342 e. The number of esters is 1. The Morgan fingerprint density at radius 1 is 0.862 bits per heavy atom. The third kappa shape index (κ3) is 5.54. The second-order valence-electron chi connectivity index (χ2n) is 6.04. The molecule has 29 heavy (non-hydrogen) atoms. The molecule has 0 aliphatic heterocycles. The molecule has 0 aliphatic rings. The number of hydrogen-bond acceptors (Lipinski definition) is 7. The molecular formula is C21H25NO7. The van der Waals surface area contributed by atoms with Crippen LogP contribution in [0.2, 0.25) is 0 Å². The van der Waals surface area contributed by atoms with Crippen LogP contribution < -0.4 is 24.3 Å². The zero-order valence-corrected chi connectivity index (χ0v) is 17.1. The first-order valence-corrected chi connectivity index (χ1v) is 8.83. The van der Waals surface area contributed by atoms with E-state index in [0.717, 1.165) is 5.56 Å². The lowest BCUT2D eigenvalue weighted by Crippen LogP contribution is -2.31. The molecule has 0 radical (unpaired) electrons. The zero-order chi connectivity index (χ0) is 21.4. The minimum absolute atomic E-state index is 0.198. The summed E-state index contributed by atoms with van der Waals surface area (Å²) in [6.45, 7) is 1.36. The van der Waals surface area contributed by atoms with E-state index in [4.69, 9.17) is 23.7 Å². The van der Waals surface area contributed by atoms with E-state index in [1.54, 1.807) is 51.5 Å². The van der Waals surface area contributed by atoms with Crippen molar-refractivity contribution in [2.24, 2.45) is 0 Å². The first-order chi connectivity index (χ1) is 13.9. The van der Waals surface area contributed by atoms with Crippen LogP contribution in [0.3, 0.4) is 0 Å². The number of amides is 1. The molecule has 1 N–H and O–H groups in total. The Balaban J connectivity index is 2.00. The highest BCUT2D eigenvalue weighted by molar-refractivity contribution is 5.94. The van der Waals surface area contributed by atoms with Gasteiger partial charge in [-0.3, -0.25) is 4.79 Å². The van der Waals surface area contributed by atoms with Crippen molar-refractivity contribution in [3.05, 3.63) is 47.5 Å². The third-order valence-electron chi connectivity index (χ3n) is 4.24. The quantitative estimate of drug-likeness (QED) is 0.644. The Hall–Kier alpha value is -3.42. The van der Waals surface area contributed by atoms with Crippen LogP contribution in [0.4, 0.5) is 0 Å². The second kappa shape index (κ2) is 10.2. The van der Waals surface area contributed by atoms with E-state index >= 15 is 0 Å². The second-order valence-corrected chi connectivity index (χ2v) is 6.04. The highest BCUT2D eigenvalue weighted by Gasteiger charge is 2.19. The minimum Gasteiger partial charge on any atom is -0.497 e. The van der Waals surface area contributed by atoms with Gasteiger partial charge in [0, 0.05) is 11.6 Å². The SMILES string of the molecule is COc1ccc(C(=O)OCC(=O)NC(C)c2cc(OC)ccc2OC)c(OC)c1. The maximum absolute atomic E-state index is 12.3. The first kappa shape index (κ1) is 21.9. The molecule has 1 amide bonds. The van der Waals surface area contributed by atoms with Gasteiger partial charge in [0.1, 0.15) is 28.6 Å². The van der Waals surface area contributed by atoms with Crippen molar-refractivity contribution < 1.29 is 33.3 Å². The fourth-order valence-electron chi connectivity index (χ4n) is 2.71. The molecule has 2 rings (SSSR count). The number of carbonyl (C=O) groups is 2. The predicted molar refractivity (Wildman–Crippen MR) is 106 cm³/mol. The molecule has 0 aromatic heterocycles. The zero-order valence-electron chi connectivity index (χ0n) is 17.1. The Bertz CT molecular complexity index is 866. The van der Waals surface area contributed by atoms with Crippen molar-refractivity contribution in [1.29, 1.82) is 0 Å². The van der Waals surface area contributed by atoms with Gasteiger partial charge >= 0.3 is 5.97 Å². The molecule has 0 aliphatic carbocycles. The summed E-state index contributed by atoms with van der Waals surface area (Å²) >= 11 is 0. The lowest BCUT2D eigenvalue weighted by molar-refractivity contribution is -0.124. The number of hydrogen-bond donors (Lipinski definition) is 1. The fraction of sp³-hybridized carbons (Fsp3) is 0.333. The van der Waals surface area contributed by atoms with E-state index in [2.05, 4.69) is 5.32 Å².